The molecule has 5 heteroatoms. The van der Waals surface area contributed by atoms with Crippen LogP contribution in [0.1, 0.15) is 46.0 Å². The van der Waals surface area contributed by atoms with Gasteiger partial charge in [-0.05, 0) is 25.7 Å². The molecule has 0 radical (unpaired) electrons. The number of carbonyl (C=O) groups is 1. The Morgan fingerprint density at radius 3 is 2.76 bits per heavy atom. The Morgan fingerprint density at radius 2 is 2.10 bits per heavy atom. The number of nitrogens with two attached hydrogens (primary N) is 1. The minimum absolute atomic E-state index is 0.0710. The van der Waals surface area contributed by atoms with Crippen LogP contribution < -0.4 is 11.1 Å². The maximum Gasteiger partial charge on any atom is 0.241 e. The standard InChI is InChI=1S/C16H28N2O3/c1-15(2)13-11(6-4-8-21-13)16(15,17)14(20)18-9-10-5-3-7-12(10)19/h10-13,19H,3-9,17H2,1-2H3,(H,18,20). The number of amides is 1. The average molecular weight is 296 g/mol. The number of aliphatic hydroxyl groups is 1. The molecule has 3 fully saturated rings. The third kappa shape index (κ3) is 2.13. The first-order valence-corrected chi connectivity index (χ1v) is 8.26. The topological polar surface area (TPSA) is 84.6 Å². The van der Waals surface area contributed by atoms with E-state index in [4.69, 9.17) is 10.5 Å². The number of nitrogens with one attached hydrogen (secondary N) is 1. The van der Waals surface area contributed by atoms with Crippen molar-refractivity contribution in [2.75, 3.05) is 13.2 Å². The van der Waals surface area contributed by atoms with Crippen molar-refractivity contribution in [3.8, 4) is 0 Å². The van der Waals surface area contributed by atoms with Gasteiger partial charge in [-0.2, -0.15) is 0 Å². The van der Waals surface area contributed by atoms with Gasteiger partial charge in [-0.3, -0.25) is 4.79 Å². The molecule has 5 nitrogen and oxygen atoms in total. The van der Waals surface area contributed by atoms with Crippen molar-refractivity contribution in [1.82, 2.24) is 5.32 Å². The number of rotatable bonds is 3. The van der Waals surface area contributed by atoms with Crippen LogP contribution in [0.5, 0.6) is 0 Å². The summed E-state index contributed by atoms with van der Waals surface area (Å²) in [6.45, 7) is 5.37. The summed E-state index contributed by atoms with van der Waals surface area (Å²) in [5, 5.41) is 12.9. The van der Waals surface area contributed by atoms with Crippen molar-refractivity contribution in [3.05, 3.63) is 0 Å². The van der Waals surface area contributed by atoms with Crippen LogP contribution >= 0.6 is 0 Å². The second kappa shape index (κ2) is 5.21. The average Bonchev–Trinajstić information content (AvgIpc) is 2.89. The third-order valence-corrected chi connectivity index (χ3v) is 6.20. The summed E-state index contributed by atoms with van der Waals surface area (Å²) in [6.07, 6.45) is 4.63. The van der Waals surface area contributed by atoms with E-state index >= 15 is 0 Å². The maximum absolute atomic E-state index is 12.7. The first-order valence-electron chi connectivity index (χ1n) is 8.26. The normalized spacial score (nSPS) is 44.8. The van der Waals surface area contributed by atoms with E-state index in [0.717, 1.165) is 38.7 Å². The fourth-order valence-corrected chi connectivity index (χ4v) is 4.66. The second-order valence-corrected chi connectivity index (χ2v) is 7.60. The van der Waals surface area contributed by atoms with Crippen molar-refractivity contribution in [3.63, 3.8) is 0 Å². The fraction of sp³-hybridized carbons (Fsp3) is 0.938. The Morgan fingerprint density at radius 1 is 1.33 bits per heavy atom. The van der Waals surface area contributed by atoms with Crippen molar-refractivity contribution < 1.29 is 14.6 Å². The number of hydrogen-bond donors (Lipinski definition) is 3. The molecule has 2 aliphatic carbocycles. The van der Waals surface area contributed by atoms with Crippen LogP contribution in [-0.2, 0) is 9.53 Å². The minimum atomic E-state index is -0.846. The fourth-order valence-electron chi connectivity index (χ4n) is 4.66. The minimum Gasteiger partial charge on any atom is -0.393 e. The van der Waals surface area contributed by atoms with Gasteiger partial charge in [0.2, 0.25) is 5.91 Å². The van der Waals surface area contributed by atoms with Gasteiger partial charge in [0.25, 0.3) is 0 Å². The van der Waals surface area contributed by atoms with E-state index in [9.17, 15) is 9.90 Å². The summed E-state index contributed by atoms with van der Waals surface area (Å²) in [7, 11) is 0. The zero-order chi connectivity index (χ0) is 15.3. The van der Waals surface area contributed by atoms with Crippen molar-refractivity contribution >= 4 is 5.91 Å². The number of fused-ring (bicyclic) bond motifs is 1. The highest BCUT2D eigenvalue weighted by Gasteiger charge is 2.70. The van der Waals surface area contributed by atoms with E-state index in [0.29, 0.717) is 6.54 Å². The zero-order valence-corrected chi connectivity index (χ0v) is 13.1. The van der Waals surface area contributed by atoms with Crippen LogP contribution in [0, 0.1) is 17.3 Å². The highest BCUT2D eigenvalue weighted by atomic mass is 16.5. The Balaban J connectivity index is 1.65. The molecule has 0 bridgehead atoms. The van der Waals surface area contributed by atoms with Gasteiger partial charge < -0.3 is 20.9 Å². The molecule has 4 N–H and O–H groups in total. The van der Waals surface area contributed by atoms with Crippen LogP contribution in [0.3, 0.4) is 0 Å². The van der Waals surface area contributed by atoms with Crippen molar-refractivity contribution in [2.45, 2.75) is 63.7 Å². The molecule has 3 rings (SSSR count). The Kier molecular flexibility index (Phi) is 3.79. The Hall–Kier alpha value is -0.650. The van der Waals surface area contributed by atoms with Crippen LogP contribution in [0.25, 0.3) is 0 Å². The molecule has 2 saturated carbocycles. The lowest BCUT2D eigenvalue weighted by Gasteiger charge is -2.65. The summed E-state index contributed by atoms with van der Waals surface area (Å²) in [4.78, 5) is 12.7. The summed E-state index contributed by atoms with van der Waals surface area (Å²) >= 11 is 0. The van der Waals surface area contributed by atoms with Gasteiger partial charge in [-0.15, -0.1) is 0 Å². The van der Waals surface area contributed by atoms with Crippen LogP contribution in [0.15, 0.2) is 0 Å². The highest BCUT2D eigenvalue weighted by Crippen LogP contribution is 2.57. The van der Waals surface area contributed by atoms with Crippen LogP contribution in [0.4, 0.5) is 0 Å². The first kappa shape index (κ1) is 15.3. The molecule has 0 aromatic carbocycles. The van der Waals surface area contributed by atoms with E-state index in [-0.39, 0.29) is 35.4 Å². The van der Waals surface area contributed by atoms with Gasteiger partial charge in [0.05, 0.1) is 12.2 Å². The van der Waals surface area contributed by atoms with Crippen LogP contribution in [-0.4, -0.2) is 41.9 Å². The molecule has 5 atom stereocenters. The molecule has 3 aliphatic rings. The third-order valence-electron chi connectivity index (χ3n) is 6.20. The molecule has 1 aliphatic heterocycles. The summed E-state index contributed by atoms with van der Waals surface area (Å²) in [5.74, 6) is 0.229. The van der Waals surface area contributed by atoms with Gasteiger partial charge >= 0.3 is 0 Å². The summed E-state index contributed by atoms with van der Waals surface area (Å²) in [5.41, 5.74) is 5.36. The molecule has 0 aromatic heterocycles. The lowest BCUT2D eigenvalue weighted by Crippen LogP contribution is -2.82. The smallest absolute Gasteiger partial charge is 0.241 e. The molecule has 21 heavy (non-hydrogen) atoms. The summed E-state index contributed by atoms with van der Waals surface area (Å²) < 4.78 is 5.83. The molecule has 0 aromatic rings. The molecule has 0 spiro atoms. The largest absolute Gasteiger partial charge is 0.393 e. The van der Waals surface area contributed by atoms with Crippen molar-refractivity contribution in [1.29, 1.82) is 0 Å². The van der Waals surface area contributed by atoms with Gasteiger partial charge in [-0.1, -0.05) is 20.3 Å². The number of aliphatic hydroxyl groups excluding tert-OH is 1. The van der Waals surface area contributed by atoms with E-state index < -0.39 is 5.54 Å². The predicted molar refractivity (Wildman–Crippen MR) is 79.5 cm³/mol. The molecular formula is C16H28N2O3. The van der Waals surface area contributed by atoms with Gasteiger partial charge in [0.1, 0.15) is 5.54 Å². The SMILES string of the molecule is CC1(C)C2OCCCC2C1(N)C(=O)NCC1CCCC1O. The lowest BCUT2D eigenvalue weighted by atomic mass is 9.46. The zero-order valence-electron chi connectivity index (χ0n) is 13.1. The van der Waals surface area contributed by atoms with Crippen molar-refractivity contribution in [2.24, 2.45) is 23.0 Å². The molecule has 1 saturated heterocycles. The quantitative estimate of drug-likeness (QED) is 0.719. The molecule has 1 heterocycles. The Labute approximate surface area is 126 Å². The molecular weight excluding hydrogens is 268 g/mol. The lowest BCUT2D eigenvalue weighted by molar-refractivity contribution is -0.225. The Bertz CT molecular complexity index is 426. The van der Waals surface area contributed by atoms with Gasteiger partial charge in [0.15, 0.2) is 0 Å². The van der Waals surface area contributed by atoms with Gasteiger partial charge in [0, 0.05) is 30.4 Å². The number of ether oxygens (including phenoxy) is 1. The second-order valence-electron chi connectivity index (χ2n) is 7.60. The first-order chi connectivity index (χ1) is 9.89. The predicted octanol–water partition coefficient (Wildman–Crippen LogP) is 0.796. The number of hydrogen-bond acceptors (Lipinski definition) is 4. The molecule has 1 amide bonds. The highest BCUT2D eigenvalue weighted by molar-refractivity contribution is 5.89. The monoisotopic (exact) mass is 296 g/mol. The van der Waals surface area contributed by atoms with E-state index in [1.807, 2.05) is 13.8 Å². The number of carbonyl (C=O) groups excluding carboxylic acids is 1. The molecule has 120 valence electrons. The van der Waals surface area contributed by atoms with E-state index in [2.05, 4.69) is 5.32 Å². The summed E-state index contributed by atoms with van der Waals surface area (Å²) in [6, 6.07) is 0. The van der Waals surface area contributed by atoms with Crippen LogP contribution in [0.2, 0.25) is 0 Å². The maximum atomic E-state index is 12.7. The molecule has 5 unspecified atom stereocenters. The van der Waals surface area contributed by atoms with Gasteiger partial charge in [-0.25, -0.2) is 0 Å². The van der Waals surface area contributed by atoms with E-state index in [1.54, 1.807) is 0 Å². The van der Waals surface area contributed by atoms with E-state index in [1.165, 1.54) is 0 Å².